The molecule has 84 valence electrons. The van der Waals surface area contributed by atoms with Gasteiger partial charge >= 0.3 is 5.97 Å². The minimum absolute atomic E-state index is 0.107. The zero-order valence-electron chi connectivity index (χ0n) is 8.67. The van der Waals surface area contributed by atoms with Gasteiger partial charge in [0.1, 0.15) is 0 Å². The predicted molar refractivity (Wildman–Crippen MR) is 57.1 cm³/mol. The lowest BCUT2D eigenvalue weighted by Gasteiger charge is -2.16. The van der Waals surface area contributed by atoms with Crippen molar-refractivity contribution in [3.8, 4) is 0 Å². The van der Waals surface area contributed by atoms with E-state index in [9.17, 15) is 4.79 Å². The number of aromatic nitrogens is 1. The third kappa shape index (κ3) is 3.94. The van der Waals surface area contributed by atoms with Crippen molar-refractivity contribution in [3.05, 3.63) is 16.1 Å². The highest BCUT2D eigenvalue weighted by molar-refractivity contribution is 7.11. The van der Waals surface area contributed by atoms with Crippen molar-refractivity contribution in [2.45, 2.75) is 19.6 Å². The summed E-state index contributed by atoms with van der Waals surface area (Å²) in [5, 5.41) is 19.6. The van der Waals surface area contributed by atoms with E-state index in [2.05, 4.69) is 4.98 Å². The Bertz CT molecular complexity index is 338. The van der Waals surface area contributed by atoms with Gasteiger partial charge in [0, 0.05) is 18.5 Å². The van der Waals surface area contributed by atoms with Crippen molar-refractivity contribution in [2.24, 2.45) is 0 Å². The van der Waals surface area contributed by atoms with Crippen LogP contribution in [0.15, 0.2) is 5.38 Å². The van der Waals surface area contributed by atoms with Crippen molar-refractivity contribution in [2.75, 3.05) is 13.6 Å². The Morgan fingerprint density at radius 2 is 2.40 bits per heavy atom. The highest BCUT2D eigenvalue weighted by atomic mass is 32.1. The first kappa shape index (κ1) is 12.1. The molecule has 0 amide bonds. The van der Waals surface area contributed by atoms with Crippen LogP contribution in [0.1, 0.15) is 22.4 Å². The summed E-state index contributed by atoms with van der Waals surface area (Å²) in [5.74, 6) is -0.996. The Labute approximate surface area is 92.0 Å². The first-order valence-corrected chi connectivity index (χ1v) is 5.41. The fourth-order valence-corrected chi connectivity index (χ4v) is 1.92. The van der Waals surface area contributed by atoms with E-state index in [0.717, 1.165) is 17.0 Å². The van der Waals surface area contributed by atoms with Gasteiger partial charge in [0.2, 0.25) is 5.01 Å². The van der Waals surface area contributed by atoms with Crippen LogP contribution in [0.3, 0.4) is 0 Å². The van der Waals surface area contributed by atoms with Crippen LogP contribution in [0.4, 0.5) is 0 Å². The van der Waals surface area contributed by atoms with Gasteiger partial charge in [-0.15, -0.1) is 11.3 Å². The summed E-state index contributed by atoms with van der Waals surface area (Å²) in [5.41, 5.74) is 0.723. The van der Waals surface area contributed by atoms with Crippen molar-refractivity contribution in [1.82, 2.24) is 9.88 Å². The standard InChI is InChI=1S/C9H14N2O3S/c1-6(12)3-11(2)4-7-5-15-8(10-7)9(13)14/h5-6,12H,3-4H2,1-2H3,(H,13,14). The number of aliphatic hydroxyl groups excluding tert-OH is 1. The first-order valence-electron chi connectivity index (χ1n) is 4.53. The predicted octanol–water partition coefficient (Wildman–Crippen LogP) is 0.654. The molecule has 0 bridgehead atoms. The van der Waals surface area contributed by atoms with Gasteiger partial charge in [0.15, 0.2) is 0 Å². The number of carboxylic acids is 1. The van der Waals surface area contributed by atoms with Crippen LogP contribution in [-0.4, -0.2) is 45.8 Å². The van der Waals surface area contributed by atoms with Gasteiger partial charge in [-0.3, -0.25) is 4.90 Å². The molecular weight excluding hydrogens is 216 g/mol. The Hall–Kier alpha value is -0.980. The molecule has 0 aromatic carbocycles. The van der Waals surface area contributed by atoms with E-state index in [1.165, 1.54) is 0 Å². The van der Waals surface area contributed by atoms with Crippen LogP contribution in [0.5, 0.6) is 0 Å². The zero-order valence-corrected chi connectivity index (χ0v) is 9.49. The molecule has 0 aliphatic rings. The lowest BCUT2D eigenvalue weighted by atomic mass is 10.3. The van der Waals surface area contributed by atoms with Crippen LogP contribution >= 0.6 is 11.3 Å². The summed E-state index contributed by atoms with van der Waals surface area (Å²) in [4.78, 5) is 16.4. The van der Waals surface area contributed by atoms with Crippen LogP contribution in [0.25, 0.3) is 0 Å². The quantitative estimate of drug-likeness (QED) is 0.777. The lowest BCUT2D eigenvalue weighted by molar-refractivity contribution is 0.0695. The summed E-state index contributed by atoms with van der Waals surface area (Å²) < 4.78 is 0. The maximum Gasteiger partial charge on any atom is 0.365 e. The summed E-state index contributed by atoms with van der Waals surface area (Å²) in [6.07, 6.45) is -0.396. The molecule has 1 rings (SSSR count). The molecule has 1 aromatic heterocycles. The number of likely N-dealkylation sites (N-methyl/N-ethyl adjacent to an activating group) is 1. The maximum absolute atomic E-state index is 10.6. The normalized spacial score (nSPS) is 13.1. The Morgan fingerprint density at radius 3 is 2.87 bits per heavy atom. The molecule has 0 aliphatic carbocycles. The summed E-state index contributed by atoms with van der Waals surface area (Å²) in [6, 6.07) is 0. The minimum atomic E-state index is -0.996. The number of carbonyl (C=O) groups is 1. The molecule has 0 radical (unpaired) electrons. The molecule has 0 aliphatic heterocycles. The van der Waals surface area contributed by atoms with E-state index < -0.39 is 12.1 Å². The van der Waals surface area contributed by atoms with Crippen molar-refractivity contribution in [1.29, 1.82) is 0 Å². The molecule has 0 saturated heterocycles. The third-order valence-electron chi connectivity index (χ3n) is 1.74. The summed E-state index contributed by atoms with van der Waals surface area (Å²) in [7, 11) is 1.85. The number of thiazole rings is 1. The van der Waals surface area contributed by atoms with Gasteiger partial charge in [-0.2, -0.15) is 0 Å². The third-order valence-corrected chi connectivity index (χ3v) is 2.62. The number of hydrogen-bond donors (Lipinski definition) is 2. The van der Waals surface area contributed by atoms with Crippen molar-refractivity contribution in [3.63, 3.8) is 0 Å². The summed E-state index contributed by atoms with van der Waals surface area (Å²) >= 11 is 1.12. The lowest BCUT2D eigenvalue weighted by Crippen LogP contribution is -2.26. The second kappa shape index (κ2) is 5.20. The molecule has 15 heavy (non-hydrogen) atoms. The molecule has 5 nitrogen and oxygen atoms in total. The second-order valence-corrected chi connectivity index (χ2v) is 4.35. The van der Waals surface area contributed by atoms with E-state index >= 15 is 0 Å². The topological polar surface area (TPSA) is 73.7 Å². The van der Waals surface area contributed by atoms with Crippen molar-refractivity contribution >= 4 is 17.3 Å². The molecule has 1 atom stereocenters. The number of aromatic carboxylic acids is 1. The molecule has 1 heterocycles. The van der Waals surface area contributed by atoms with Crippen LogP contribution < -0.4 is 0 Å². The second-order valence-electron chi connectivity index (χ2n) is 3.49. The van der Waals surface area contributed by atoms with E-state index in [0.29, 0.717) is 13.1 Å². The highest BCUT2D eigenvalue weighted by Crippen LogP contribution is 2.11. The molecule has 0 fully saturated rings. The molecule has 6 heteroatoms. The van der Waals surface area contributed by atoms with Gasteiger partial charge < -0.3 is 10.2 Å². The van der Waals surface area contributed by atoms with Gasteiger partial charge in [0.05, 0.1) is 11.8 Å². The van der Waals surface area contributed by atoms with Gasteiger partial charge in [0.25, 0.3) is 0 Å². The first-order chi connectivity index (χ1) is 6.99. The number of nitrogens with zero attached hydrogens (tertiary/aromatic N) is 2. The fourth-order valence-electron chi connectivity index (χ4n) is 1.27. The molecule has 1 unspecified atom stereocenters. The average molecular weight is 230 g/mol. The van der Waals surface area contributed by atoms with Crippen molar-refractivity contribution < 1.29 is 15.0 Å². The number of hydrogen-bond acceptors (Lipinski definition) is 5. The smallest absolute Gasteiger partial charge is 0.365 e. The molecule has 0 spiro atoms. The number of carboxylic acid groups (broad SMARTS) is 1. The largest absolute Gasteiger partial charge is 0.476 e. The van der Waals surface area contributed by atoms with E-state index in [-0.39, 0.29) is 5.01 Å². The van der Waals surface area contributed by atoms with E-state index in [1.807, 2.05) is 11.9 Å². The van der Waals surface area contributed by atoms with Gasteiger partial charge in [-0.05, 0) is 14.0 Å². The number of aliphatic hydroxyl groups is 1. The molecular formula is C9H14N2O3S. The fraction of sp³-hybridized carbons (Fsp3) is 0.556. The van der Waals surface area contributed by atoms with E-state index in [1.54, 1.807) is 12.3 Å². The molecule has 2 N–H and O–H groups in total. The molecule has 1 aromatic rings. The highest BCUT2D eigenvalue weighted by Gasteiger charge is 2.10. The summed E-state index contributed by atoms with van der Waals surface area (Å²) in [6.45, 7) is 2.80. The number of rotatable bonds is 5. The maximum atomic E-state index is 10.6. The van der Waals surface area contributed by atoms with E-state index in [4.69, 9.17) is 10.2 Å². The molecule has 0 saturated carbocycles. The monoisotopic (exact) mass is 230 g/mol. The Balaban J connectivity index is 2.53. The van der Waals surface area contributed by atoms with Crippen LogP contribution in [0.2, 0.25) is 0 Å². The zero-order chi connectivity index (χ0) is 11.4. The Kier molecular flexibility index (Phi) is 4.19. The minimum Gasteiger partial charge on any atom is -0.476 e. The average Bonchev–Trinajstić information content (AvgIpc) is 2.50. The SMILES string of the molecule is CC(O)CN(C)Cc1csc(C(=O)O)n1. The Morgan fingerprint density at radius 1 is 1.73 bits per heavy atom. The van der Waals surface area contributed by atoms with Crippen LogP contribution in [-0.2, 0) is 6.54 Å². The van der Waals surface area contributed by atoms with Gasteiger partial charge in [-0.1, -0.05) is 0 Å². The van der Waals surface area contributed by atoms with Crippen LogP contribution in [0, 0.1) is 0 Å². The van der Waals surface area contributed by atoms with Gasteiger partial charge in [-0.25, -0.2) is 9.78 Å².